The second-order valence-electron chi connectivity index (χ2n) is 7.27. The standard InChI is InChI=1S/C20H32N4O3/c1-21-20(23-7-2-9-25-13-18-6-10-26-14-18)24-12-17-5-8-22-19(11-17)27-15-16-3-4-16/h5,8,11,16,18H,2-4,6-7,9-10,12-15H2,1H3,(H2,21,23,24). The molecule has 0 amide bonds. The van der Waals surface area contributed by atoms with Crippen LogP contribution in [0.25, 0.3) is 0 Å². The molecule has 1 atom stereocenters. The highest BCUT2D eigenvalue weighted by molar-refractivity contribution is 5.79. The van der Waals surface area contributed by atoms with E-state index in [1.807, 2.05) is 12.1 Å². The van der Waals surface area contributed by atoms with Crippen molar-refractivity contribution < 1.29 is 14.2 Å². The molecule has 0 aromatic carbocycles. The molecular formula is C20H32N4O3. The van der Waals surface area contributed by atoms with Crippen LogP contribution in [0.1, 0.15) is 31.2 Å². The van der Waals surface area contributed by atoms with Crippen LogP contribution in [0, 0.1) is 11.8 Å². The molecule has 7 heteroatoms. The van der Waals surface area contributed by atoms with E-state index in [0.29, 0.717) is 18.3 Å². The Morgan fingerprint density at radius 2 is 2.19 bits per heavy atom. The molecule has 7 nitrogen and oxygen atoms in total. The van der Waals surface area contributed by atoms with Gasteiger partial charge in [0.15, 0.2) is 5.96 Å². The summed E-state index contributed by atoms with van der Waals surface area (Å²) in [5.74, 6) is 2.79. The summed E-state index contributed by atoms with van der Waals surface area (Å²) in [7, 11) is 1.78. The van der Waals surface area contributed by atoms with Crippen LogP contribution >= 0.6 is 0 Å². The van der Waals surface area contributed by atoms with E-state index in [1.54, 1.807) is 13.2 Å². The average molecular weight is 377 g/mol. The normalized spacial score (nSPS) is 19.9. The van der Waals surface area contributed by atoms with Gasteiger partial charge in [-0.3, -0.25) is 4.99 Å². The molecule has 0 spiro atoms. The summed E-state index contributed by atoms with van der Waals surface area (Å²) in [6.45, 7) is 5.57. The number of ether oxygens (including phenoxy) is 3. The zero-order valence-corrected chi connectivity index (χ0v) is 16.3. The monoisotopic (exact) mass is 376 g/mol. The molecule has 150 valence electrons. The van der Waals surface area contributed by atoms with Gasteiger partial charge < -0.3 is 24.8 Å². The van der Waals surface area contributed by atoms with Crippen molar-refractivity contribution in [3.05, 3.63) is 23.9 Å². The van der Waals surface area contributed by atoms with E-state index >= 15 is 0 Å². The van der Waals surface area contributed by atoms with Gasteiger partial charge in [-0.25, -0.2) is 4.98 Å². The third kappa shape index (κ3) is 7.72. The van der Waals surface area contributed by atoms with Gasteiger partial charge in [0.05, 0.1) is 19.8 Å². The van der Waals surface area contributed by atoms with Gasteiger partial charge >= 0.3 is 0 Å². The van der Waals surface area contributed by atoms with Crippen molar-refractivity contribution in [1.82, 2.24) is 15.6 Å². The maximum absolute atomic E-state index is 5.74. The number of guanidine groups is 1. The Morgan fingerprint density at radius 3 is 2.96 bits per heavy atom. The van der Waals surface area contributed by atoms with Crippen LogP contribution in [-0.4, -0.2) is 57.6 Å². The van der Waals surface area contributed by atoms with Crippen LogP contribution in [-0.2, 0) is 16.0 Å². The molecule has 27 heavy (non-hydrogen) atoms. The van der Waals surface area contributed by atoms with Gasteiger partial charge in [-0.2, -0.15) is 0 Å². The summed E-state index contributed by atoms with van der Waals surface area (Å²) in [4.78, 5) is 8.54. The quantitative estimate of drug-likeness (QED) is 0.349. The Hall–Kier alpha value is -1.86. The Balaban J connectivity index is 1.27. The largest absolute Gasteiger partial charge is 0.477 e. The first-order valence-electron chi connectivity index (χ1n) is 10.0. The van der Waals surface area contributed by atoms with Gasteiger partial charge in [0.2, 0.25) is 5.88 Å². The lowest BCUT2D eigenvalue weighted by atomic mass is 10.1. The molecule has 1 aromatic heterocycles. The first kappa shape index (κ1) is 19.9. The summed E-state index contributed by atoms with van der Waals surface area (Å²) in [6, 6.07) is 3.98. The zero-order chi connectivity index (χ0) is 18.7. The summed E-state index contributed by atoms with van der Waals surface area (Å²) in [6.07, 6.45) is 6.43. The Labute approximate surface area is 161 Å². The lowest BCUT2D eigenvalue weighted by Crippen LogP contribution is -2.37. The highest BCUT2D eigenvalue weighted by Gasteiger charge is 2.22. The molecule has 1 unspecified atom stereocenters. The predicted molar refractivity (Wildman–Crippen MR) is 105 cm³/mol. The van der Waals surface area contributed by atoms with E-state index < -0.39 is 0 Å². The van der Waals surface area contributed by atoms with Gasteiger partial charge in [0.1, 0.15) is 0 Å². The summed E-state index contributed by atoms with van der Waals surface area (Å²) >= 11 is 0. The molecular weight excluding hydrogens is 344 g/mol. The van der Waals surface area contributed by atoms with Gasteiger partial charge in [0.25, 0.3) is 0 Å². The number of nitrogens with zero attached hydrogens (tertiary/aromatic N) is 2. The van der Waals surface area contributed by atoms with Crippen LogP contribution in [0.4, 0.5) is 0 Å². The molecule has 1 saturated carbocycles. The van der Waals surface area contributed by atoms with Crippen molar-refractivity contribution >= 4 is 5.96 Å². The zero-order valence-electron chi connectivity index (χ0n) is 16.3. The molecule has 1 aromatic rings. The van der Waals surface area contributed by atoms with Crippen molar-refractivity contribution in [2.24, 2.45) is 16.8 Å². The molecule has 0 bridgehead atoms. The molecule has 2 N–H and O–H groups in total. The third-order valence-corrected chi connectivity index (χ3v) is 4.78. The van der Waals surface area contributed by atoms with Crippen molar-refractivity contribution in [2.45, 2.75) is 32.2 Å². The van der Waals surface area contributed by atoms with Crippen LogP contribution < -0.4 is 15.4 Å². The lowest BCUT2D eigenvalue weighted by Gasteiger charge is -2.13. The highest BCUT2D eigenvalue weighted by Crippen LogP contribution is 2.29. The van der Waals surface area contributed by atoms with E-state index in [4.69, 9.17) is 14.2 Å². The molecule has 3 rings (SSSR count). The predicted octanol–water partition coefficient (Wildman–Crippen LogP) is 1.98. The number of aromatic nitrogens is 1. The molecule has 2 heterocycles. The molecule has 0 radical (unpaired) electrons. The van der Waals surface area contributed by atoms with Gasteiger partial charge in [0, 0.05) is 51.5 Å². The second kappa shape index (κ2) is 11.1. The maximum Gasteiger partial charge on any atom is 0.213 e. The smallest absolute Gasteiger partial charge is 0.213 e. The van der Waals surface area contributed by atoms with Crippen LogP contribution in [0.3, 0.4) is 0 Å². The molecule has 1 saturated heterocycles. The summed E-state index contributed by atoms with van der Waals surface area (Å²) in [5.41, 5.74) is 1.13. The number of hydrogen-bond donors (Lipinski definition) is 2. The van der Waals surface area contributed by atoms with Crippen molar-refractivity contribution in [2.75, 3.05) is 46.6 Å². The van der Waals surface area contributed by atoms with Gasteiger partial charge in [-0.1, -0.05) is 0 Å². The minimum Gasteiger partial charge on any atom is -0.477 e. The summed E-state index contributed by atoms with van der Waals surface area (Å²) in [5, 5.41) is 6.64. The number of aliphatic imine (C=N–C) groups is 1. The van der Waals surface area contributed by atoms with E-state index in [2.05, 4.69) is 20.6 Å². The fourth-order valence-corrected chi connectivity index (χ4v) is 2.88. The highest BCUT2D eigenvalue weighted by atomic mass is 16.5. The van der Waals surface area contributed by atoms with Gasteiger partial charge in [-0.05, 0) is 43.2 Å². The first-order chi connectivity index (χ1) is 13.3. The van der Waals surface area contributed by atoms with Crippen molar-refractivity contribution in [3.63, 3.8) is 0 Å². The molecule has 1 aliphatic carbocycles. The Bertz CT molecular complexity index is 586. The lowest BCUT2D eigenvalue weighted by molar-refractivity contribution is 0.0888. The molecule has 2 fully saturated rings. The fourth-order valence-electron chi connectivity index (χ4n) is 2.88. The van der Waals surface area contributed by atoms with E-state index in [-0.39, 0.29) is 0 Å². The molecule has 2 aliphatic rings. The van der Waals surface area contributed by atoms with E-state index in [1.165, 1.54) is 12.8 Å². The van der Waals surface area contributed by atoms with Crippen molar-refractivity contribution in [3.8, 4) is 5.88 Å². The second-order valence-corrected chi connectivity index (χ2v) is 7.27. The minimum absolute atomic E-state index is 0.575. The third-order valence-electron chi connectivity index (χ3n) is 4.78. The minimum atomic E-state index is 0.575. The van der Waals surface area contributed by atoms with E-state index in [0.717, 1.165) is 69.9 Å². The first-order valence-corrected chi connectivity index (χ1v) is 10.0. The van der Waals surface area contributed by atoms with E-state index in [9.17, 15) is 0 Å². The van der Waals surface area contributed by atoms with Crippen molar-refractivity contribution in [1.29, 1.82) is 0 Å². The number of hydrogen-bond acceptors (Lipinski definition) is 5. The Kier molecular flexibility index (Phi) is 8.17. The fraction of sp³-hybridized carbons (Fsp3) is 0.700. The van der Waals surface area contributed by atoms with Gasteiger partial charge in [-0.15, -0.1) is 0 Å². The number of pyridine rings is 1. The van der Waals surface area contributed by atoms with Crippen LogP contribution in [0.2, 0.25) is 0 Å². The summed E-state index contributed by atoms with van der Waals surface area (Å²) < 4.78 is 16.8. The topological polar surface area (TPSA) is 77.0 Å². The maximum atomic E-state index is 5.74. The van der Waals surface area contributed by atoms with Crippen LogP contribution in [0.5, 0.6) is 5.88 Å². The number of nitrogens with one attached hydrogen (secondary N) is 2. The average Bonchev–Trinajstić information content (AvgIpc) is 3.39. The SMILES string of the molecule is CN=C(NCCCOCC1CCOC1)NCc1ccnc(OCC2CC2)c1. The molecule has 1 aliphatic heterocycles. The number of rotatable bonds is 11. The van der Waals surface area contributed by atoms with Crippen LogP contribution in [0.15, 0.2) is 23.3 Å². The Morgan fingerprint density at radius 1 is 1.26 bits per heavy atom.